The zero-order chi connectivity index (χ0) is 23.3. The Bertz CT molecular complexity index is 1270. The fourth-order valence-corrected chi connectivity index (χ4v) is 5.39. The van der Waals surface area contributed by atoms with Crippen LogP contribution < -0.4 is 5.56 Å². The first-order valence-corrected chi connectivity index (χ1v) is 11.8. The van der Waals surface area contributed by atoms with E-state index < -0.39 is 29.8 Å². The summed E-state index contributed by atoms with van der Waals surface area (Å²) in [5, 5.41) is 4.08. The molecule has 1 N–H and O–H groups in total. The van der Waals surface area contributed by atoms with Crippen molar-refractivity contribution < 1.29 is 18.0 Å². The molecular weight excluding hydrogens is 501 g/mol. The van der Waals surface area contributed by atoms with E-state index in [1.54, 1.807) is 0 Å². The number of rotatable bonds is 4. The molecule has 10 heteroatoms. The van der Waals surface area contributed by atoms with E-state index in [1.165, 1.54) is 23.1 Å². The summed E-state index contributed by atoms with van der Waals surface area (Å²) in [6.07, 6.45) is 4.49. The summed E-state index contributed by atoms with van der Waals surface area (Å²) in [6, 6.07) is 3.64. The molecule has 1 aromatic carbocycles. The Balaban J connectivity index is 1.55. The Hall–Kier alpha value is -2.62. The molecular formula is C23H22BrF3N4O2. The highest BCUT2D eigenvalue weighted by atomic mass is 79.9. The highest BCUT2D eigenvalue weighted by Crippen LogP contribution is 2.37. The number of halogens is 4. The van der Waals surface area contributed by atoms with E-state index in [1.807, 2.05) is 0 Å². The van der Waals surface area contributed by atoms with E-state index in [9.17, 15) is 22.8 Å². The second-order valence-electron chi connectivity index (χ2n) is 8.87. The molecule has 3 heterocycles. The molecule has 3 aromatic rings. The molecule has 1 aliphatic carbocycles. The quantitative estimate of drug-likeness (QED) is 0.534. The van der Waals surface area contributed by atoms with Crippen LogP contribution in [0.3, 0.4) is 0 Å². The normalized spacial score (nSPS) is 17.5. The third-order valence-corrected chi connectivity index (χ3v) is 7.21. The van der Waals surface area contributed by atoms with Crippen molar-refractivity contribution in [3.05, 3.63) is 55.9 Å². The van der Waals surface area contributed by atoms with Crippen LogP contribution in [0.15, 0.2) is 27.6 Å². The number of aromatic amines is 1. The first-order valence-electron chi connectivity index (χ1n) is 11.0. The van der Waals surface area contributed by atoms with E-state index in [0.29, 0.717) is 0 Å². The monoisotopic (exact) mass is 522 g/mol. The molecule has 2 aromatic heterocycles. The van der Waals surface area contributed by atoms with Crippen LogP contribution in [0, 0.1) is 17.6 Å². The summed E-state index contributed by atoms with van der Waals surface area (Å²) in [7, 11) is 0. The number of hydrogen-bond donors (Lipinski definition) is 1. The SMILES string of the molecule is O=C(c1c(Br)nn2c(=O)cc(-c3cc(F)c(C4CCCCC4)c(F)c3)[nH]c12)N1CC(CF)C1. The Morgan fingerprint density at radius 2 is 1.79 bits per heavy atom. The zero-order valence-corrected chi connectivity index (χ0v) is 19.3. The summed E-state index contributed by atoms with van der Waals surface area (Å²) >= 11 is 3.22. The van der Waals surface area contributed by atoms with E-state index in [0.717, 1.165) is 36.6 Å². The van der Waals surface area contributed by atoms with Crippen molar-refractivity contribution in [1.82, 2.24) is 19.5 Å². The first-order chi connectivity index (χ1) is 15.9. The van der Waals surface area contributed by atoms with Crippen LogP contribution in [-0.4, -0.2) is 45.2 Å². The van der Waals surface area contributed by atoms with Crippen LogP contribution in [0.25, 0.3) is 16.9 Å². The van der Waals surface area contributed by atoms with Crippen molar-refractivity contribution in [2.75, 3.05) is 19.8 Å². The number of hydrogen-bond acceptors (Lipinski definition) is 3. The molecule has 0 atom stereocenters. The molecule has 2 aliphatic rings. The number of H-pyrrole nitrogens is 1. The largest absolute Gasteiger partial charge is 0.339 e. The number of amides is 1. The molecule has 1 saturated heterocycles. The summed E-state index contributed by atoms with van der Waals surface area (Å²) in [4.78, 5) is 30.1. The molecule has 0 spiro atoms. The Morgan fingerprint density at radius 1 is 1.12 bits per heavy atom. The number of nitrogens with one attached hydrogen (secondary N) is 1. The number of nitrogens with zero attached hydrogens (tertiary/aromatic N) is 3. The predicted octanol–water partition coefficient (Wildman–Crippen LogP) is 4.82. The Labute approximate surface area is 195 Å². The maximum absolute atomic E-state index is 15.0. The molecule has 0 unspecified atom stereocenters. The predicted molar refractivity (Wildman–Crippen MR) is 120 cm³/mol. The van der Waals surface area contributed by atoms with Crippen molar-refractivity contribution in [3.8, 4) is 11.3 Å². The van der Waals surface area contributed by atoms with Crippen LogP contribution in [-0.2, 0) is 0 Å². The molecule has 0 radical (unpaired) electrons. The van der Waals surface area contributed by atoms with Gasteiger partial charge >= 0.3 is 0 Å². The van der Waals surface area contributed by atoms with Gasteiger partial charge in [-0.15, -0.1) is 0 Å². The molecule has 174 valence electrons. The maximum atomic E-state index is 15.0. The molecule has 5 rings (SSSR count). The lowest BCUT2D eigenvalue weighted by atomic mass is 9.83. The van der Waals surface area contributed by atoms with Gasteiger partial charge in [-0.05, 0) is 46.8 Å². The average Bonchev–Trinajstić information content (AvgIpc) is 3.09. The van der Waals surface area contributed by atoms with Gasteiger partial charge in [-0.3, -0.25) is 14.0 Å². The van der Waals surface area contributed by atoms with Gasteiger partial charge in [0.05, 0.1) is 12.4 Å². The smallest absolute Gasteiger partial charge is 0.274 e. The minimum absolute atomic E-state index is 0.102. The fraction of sp³-hybridized carbons (Fsp3) is 0.435. The number of carbonyl (C=O) groups is 1. The van der Waals surface area contributed by atoms with Gasteiger partial charge in [0, 0.05) is 36.2 Å². The molecule has 0 bridgehead atoms. The second kappa shape index (κ2) is 8.62. The van der Waals surface area contributed by atoms with Gasteiger partial charge in [0.1, 0.15) is 21.8 Å². The van der Waals surface area contributed by atoms with Gasteiger partial charge in [0.2, 0.25) is 0 Å². The van der Waals surface area contributed by atoms with Crippen LogP contribution in [0.2, 0.25) is 0 Å². The van der Waals surface area contributed by atoms with Crippen LogP contribution in [0.5, 0.6) is 0 Å². The Kier molecular flexibility index (Phi) is 5.80. The van der Waals surface area contributed by atoms with Crippen molar-refractivity contribution in [1.29, 1.82) is 0 Å². The van der Waals surface area contributed by atoms with E-state index in [4.69, 9.17) is 0 Å². The molecule has 6 nitrogen and oxygen atoms in total. The lowest BCUT2D eigenvalue weighted by Gasteiger charge is -2.37. The number of benzene rings is 1. The van der Waals surface area contributed by atoms with Gasteiger partial charge in [0.15, 0.2) is 5.65 Å². The fourth-order valence-electron chi connectivity index (χ4n) is 4.87. The molecule has 2 fully saturated rings. The summed E-state index contributed by atoms with van der Waals surface area (Å²) in [6.45, 7) is 0.0544. The minimum Gasteiger partial charge on any atom is -0.339 e. The third-order valence-electron chi connectivity index (χ3n) is 6.65. The molecule has 1 amide bonds. The van der Waals surface area contributed by atoms with Gasteiger partial charge in [-0.1, -0.05) is 19.3 Å². The number of alkyl halides is 1. The van der Waals surface area contributed by atoms with Crippen molar-refractivity contribution in [2.45, 2.75) is 38.0 Å². The lowest BCUT2D eigenvalue weighted by molar-refractivity contribution is 0.0453. The van der Waals surface area contributed by atoms with Crippen molar-refractivity contribution in [2.24, 2.45) is 5.92 Å². The van der Waals surface area contributed by atoms with Crippen molar-refractivity contribution >= 4 is 27.5 Å². The second-order valence-corrected chi connectivity index (χ2v) is 9.62. The standard InChI is InChI=1S/C23H22BrF3N4O2/c24-21-20(23(33)30-10-12(9-25)11-30)22-28-17(8-18(32)31(22)29-21)14-6-15(26)19(16(27)7-14)13-4-2-1-3-5-13/h6-8,12-13,28H,1-5,9-11H2. The van der Waals surface area contributed by atoms with Crippen LogP contribution >= 0.6 is 15.9 Å². The number of fused-ring (bicyclic) bond motifs is 1. The zero-order valence-electron chi connectivity index (χ0n) is 17.7. The highest BCUT2D eigenvalue weighted by molar-refractivity contribution is 9.10. The highest BCUT2D eigenvalue weighted by Gasteiger charge is 2.34. The number of aromatic nitrogens is 3. The molecule has 1 saturated carbocycles. The lowest BCUT2D eigenvalue weighted by Crippen LogP contribution is -2.50. The number of likely N-dealkylation sites (tertiary alicyclic amines) is 1. The maximum Gasteiger partial charge on any atom is 0.274 e. The van der Waals surface area contributed by atoms with Gasteiger partial charge < -0.3 is 9.88 Å². The van der Waals surface area contributed by atoms with Crippen LogP contribution in [0.1, 0.15) is 53.9 Å². The first kappa shape index (κ1) is 22.2. The number of carbonyl (C=O) groups excluding carboxylic acids is 1. The van der Waals surface area contributed by atoms with E-state index in [-0.39, 0.29) is 57.6 Å². The van der Waals surface area contributed by atoms with Gasteiger partial charge in [-0.25, -0.2) is 8.78 Å². The summed E-state index contributed by atoms with van der Waals surface area (Å²) in [5.74, 6) is -2.02. The van der Waals surface area contributed by atoms with Crippen molar-refractivity contribution in [3.63, 3.8) is 0 Å². The van der Waals surface area contributed by atoms with E-state index >= 15 is 0 Å². The molecule has 33 heavy (non-hydrogen) atoms. The topological polar surface area (TPSA) is 70.5 Å². The minimum atomic E-state index is -0.638. The Morgan fingerprint density at radius 3 is 2.42 bits per heavy atom. The van der Waals surface area contributed by atoms with Gasteiger partial charge in [-0.2, -0.15) is 9.61 Å². The van der Waals surface area contributed by atoms with E-state index in [2.05, 4.69) is 26.0 Å². The summed E-state index contributed by atoms with van der Waals surface area (Å²) < 4.78 is 43.9. The third kappa shape index (κ3) is 3.88. The summed E-state index contributed by atoms with van der Waals surface area (Å²) in [5.41, 5.74) is 0.112. The van der Waals surface area contributed by atoms with Gasteiger partial charge in [0.25, 0.3) is 11.5 Å². The average molecular weight is 523 g/mol. The molecule has 1 aliphatic heterocycles. The van der Waals surface area contributed by atoms with Crippen LogP contribution in [0.4, 0.5) is 13.2 Å².